The van der Waals surface area contributed by atoms with E-state index in [-0.39, 0.29) is 30.2 Å². The van der Waals surface area contributed by atoms with Crippen molar-refractivity contribution in [3.63, 3.8) is 0 Å². The van der Waals surface area contributed by atoms with Crippen LogP contribution in [-0.2, 0) is 9.53 Å². The fourth-order valence-electron chi connectivity index (χ4n) is 2.00. The molecule has 1 aromatic heterocycles. The summed E-state index contributed by atoms with van der Waals surface area (Å²) in [5, 5.41) is 11.0. The van der Waals surface area contributed by atoms with Crippen molar-refractivity contribution in [1.82, 2.24) is 25.2 Å². The number of nitrogens with zero attached hydrogens (tertiary/aromatic N) is 4. The van der Waals surface area contributed by atoms with Crippen molar-refractivity contribution in [2.75, 3.05) is 26.2 Å². The molecule has 1 N–H and O–H groups in total. The van der Waals surface area contributed by atoms with Crippen LogP contribution in [0.5, 0.6) is 0 Å². The molecule has 1 aliphatic heterocycles. The molecule has 8 heteroatoms. The van der Waals surface area contributed by atoms with Gasteiger partial charge in [0.2, 0.25) is 0 Å². The van der Waals surface area contributed by atoms with E-state index >= 15 is 0 Å². The SMILES string of the molecule is CCOC(=O)CN(C(=O)c1cn(C2CNC2)nn1)C(C)C. The van der Waals surface area contributed by atoms with Crippen LogP contribution in [0.15, 0.2) is 6.20 Å². The number of carbonyl (C=O) groups is 2. The average Bonchev–Trinajstić information content (AvgIpc) is 2.82. The standard InChI is InChI=1S/C13H21N5O3/c1-4-21-12(19)8-17(9(2)3)13(20)11-7-18(16-15-11)10-5-14-6-10/h7,9-10,14H,4-6,8H2,1-3H3. The molecule has 1 saturated heterocycles. The quantitative estimate of drug-likeness (QED) is 0.733. The lowest BCUT2D eigenvalue weighted by Gasteiger charge is -2.26. The highest BCUT2D eigenvalue weighted by molar-refractivity contribution is 5.94. The summed E-state index contributed by atoms with van der Waals surface area (Å²) in [6.45, 7) is 7.29. The zero-order valence-corrected chi connectivity index (χ0v) is 12.6. The Labute approximate surface area is 123 Å². The number of esters is 1. The van der Waals surface area contributed by atoms with E-state index in [1.165, 1.54) is 4.90 Å². The van der Waals surface area contributed by atoms with Gasteiger partial charge in [0, 0.05) is 19.1 Å². The maximum Gasteiger partial charge on any atom is 0.325 e. The predicted molar refractivity (Wildman–Crippen MR) is 74.7 cm³/mol. The highest BCUT2D eigenvalue weighted by Crippen LogP contribution is 2.12. The Morgan fingerprint density at radius 2 is 2.24 bits per heavy atom. The molecule has 116 valence electrons. The number of ether oxygens (including phenoxy) is 1. The molecule has 0 spiro atoms. The second-order valence-electron chi connectivity index (χ2n) is 5.23. The first kappa shape index (κ1) is 15.4. The summed E-state index contributed by atoms with van der Waals surface area (Å²) in [5.74, 6) is -0.730. The van der Waals surface area contributed by atoms with Crippen LogP contribution in [0.3, 0.4) is 0 Å². The molecule has 1 fully saturated rings. The van der Waals surface area contributed by atoms with E-state index in [1.54, 1.807) is 17.8 Å². The summed E-state index contributed by atoms with van der Waals surface area (Å²) in [6.07, 6.45) is 1.63. The molecule has 0 unspecified atom stereocenters. The molecule has 0 aromatic carbocycles. The number of hydrogen-bond donors (Lipinski definition) is 1. The van der Waals surface area contributed by atoms with Crippen molar-refractivity contribution in [3.8, 4) is 0 Å². The highest BCUT2D eigenvalue weighted by Gasteiger charge is 2.26. The van der Waals surface area contributed by atoms with Gasteiger partial charge in [-0.2, -0.15) is 0 Å². The Morgan fingerprint density at radius 3 is 2.76 bits per heavy atom. The average molecular weight is 295 g/mol. The zero-order chi connectivity index (χ0) is 15.4. The van der Waals surface area contributed by atoms with Crippen LogP contribution in [-0.4, -0.2) is 64.1 Å². The molecule has 2 rings (SSSR count). The maximum absolute atomic E-state index is 12.5. The third-order valence-electron chi connectivity index (χ3n) is 3.35. The molecule has 1 amide bonds. The summed E-state index contributed by atoms with van der Waals surface area (Å²) in [5.41, 5.74) is 0.250. The number of aromatic nitrogens is 3. The molecule has 1 aromatic rings. The Bertz CT molecular complexity index is 510. The molecular weight excluding hydrogens is 274 g/mol. The molecule has 8 nitrogen and oxygen atoms in total. The smallest absolute Gasteiger partial charge is 0.325 e. The number of rotatable bonds is 6. The first-order valence-electron chi connectivity index (χ1n) is 7.12. The third kappa shape index (κ3) is 3.57. The fraction of sp³-hybridized carbons (Fsp3) is 0.692. The van der Waals surface area contributed by atoms with Crippen LogP contribution in [0.1, 0.15) is 37.3 Å². The van der Waals surface area contributed by atoms with Crippen LogP contribution >= 0.6 is 0 Å². The van der Waals surface area contributed by atoms with Crippen molar-refractivity contribution >= 4 is 11.9 Å². The molecular formula is C13H21N5O3. The minimum absolute atomic E-state index is 0.0812. The molecule has 0 saturated carbocycles. The van der Waals surface area contributed by atoms with Crippen LogP contribution in [0, 0.1) is 0 Å². The Kier molecular flexibility index (Phi) is 4.89. The van der Waals surface area contributed by atoms with E-state index in [9.17, 15) is 9.59 Å². The number of carbonyl (C=O) groups excluding carboxylic acids is 2. The Balaban J connectivity index is 2.06. The summed E-state index contributed by atoms with van der Waals surface area (Å²) in [6, 6.07) is 0.119. The minimum Gasteiger partial charge on any atom is -0.465 e. The number of amides is 1. The Hall–Kier alpha value is -1.96. The fourth-order valence-corrected chi connectivity index (χ4v) is 2.00. The maximum atomic E-state index is 12.5. The third-order valence-corrected chi connectivity index (χ3v) is 3.35. The first-order chi connectivity index (χ1) is 10.0. The van der Waals surface area contributed by atoms with Gasteiger partial charge in [-0.15, -0.1) is 5.10 Å². The largest absolute Gasteiger partial charge is 0.465 e. The number of hydrogen-bond acceptors (Lipinski definition) is 6. The van der Waals surface area contributed by atoms with Gasteiger partial charge in [0.25, 0.3) is 5.91 Å². The summed E-state index contributed by atoms with van der Waals surface area (Å²) in [4.78, 5) is 25.5. The molecule has 1 aliphatic rings. The van der Waals surface area contributed by atoms with Crippen LogP contribution in [0.4, 0.5) is 0 Å². The normalized spacial score (nSPS) is 14.9. The van der Waals surface area contributed by atoms with Gasteiger partial charge in [0.15, 0.2) is 5.69 Å². The van der Waals surface area contributed by atoms with Gasteiger partial charge in [0.1, 0.15) is 6.54 Å². The molecule has 0 radical (unpaired) electrons. The lowest BCUT2D eigenvalue weighted by atomic mass is 10.2. The van der Waals surface area contributed by atoms with Gasteiger partial charge >= 0.3 is 5.97 Å². The summed E-state index contributed by atoms with van der Waals surface area (Å²) in [7, 11) is 0. The predicted octanol–water partition coefficient (Wildman–Crippen LogP) is -0.164. The van der Waals surface area contributed by atoms with Crippen molar-refractivity contribution in [2.24, 2.45) is 0 Å². The van der Waals surface area contributed by atoms with Gasteiger partial charge in [-0.25, -0.2) is 4.68 Å². The van der Waals surface area contributed by atoms with Crippen molar-refractivity contribution in [3.05, 3.63) is 11.9 Å². The molecule has 0 atom stereocenters. The lowest BCUT2D eigenvalue weighted by Crippen LogP contribution is -2.43. The van der Waals surface area contributed by atoms with E-state index in [4.69, 9.17) is 4.74 Å². The number of nitrogens with one attached hydrogen (secondary N) is 1. The molecule has 2 heterocycles. The van der Waals surface area contributed by atoms with Crippen LogP contribution in [0.25, 0.3) is 0 Å². The van der Waals surface area contributed by atoms with Gasteiger partial charge in [0.05, 0.1) is 18.8 Å². The molecule has 0 bridgehead atoms. The Morgan fingerprint density at radius 1 is 1.52 bits per heavy atom. The minimum atomic E-state index is -0.421. The van der Waals surface area contributed by atoms with E-state index in [0.29, 0.717) is 6.61 Å². The van der Waals surface area contributed by atoms with E-state index in [1.807, 2.05) is 13.8 Å². The van der Waals surface area contributed by atoms with Crippen molar-refractivity contribution in [2.45, 2.75) is 32.9 Å². The topological polar surface area (TPSA) is 89.4 Å². The second kappa shape index (κ2) is 6.66. The van der Waals surface area contributed by atoms with Crippen molar-refractivity contribution < 1.29 is 14.3 Å². The molecule has 21 heavy (non-hydrogen) atoms. The van der Waals surface area contributed by atoms with Gasteiger partial charge in [-0.1, -0.05) is 5.21 Å². The monoisotopic (exact) mass is 295 g/mol. The van der Waals surface area contributed by atoms with Gasteiger partial charge in [-0.3, -0.25) is 9.59 Å². The first-order valence-corrected chi connectivity index (χ1v) is 7.12. The summed E-state index contributed by atoms with van der Waals surface area (Å²) >= 11 is 0. The van der Waals surface area contributed by atoms with Crippen LogP contribution < -0.4 is 5.32 Å². The lowest BCUT2D eigenvalue weighted by molar-refractivity contribution is -0.144. The second-order valence-corrected chi connectivity index (χ2v) is 5.23. The summed E-state index contributed by atoms with van der Waals surface area (Å²) < 4.78 is 6.58. The van der Waals surface area contributed by atoms with Crippen molar-refractivity contribution in [1.29, 1.82) is 0 Å². The highest BCUT2D eigenvalue weighted by atomic mass is 16.5. The van der Waals surface area contributed by atoms with Gasteiger partial charge < -0.3 is 15.0 Å². The molecule has 0 aliphatic carbocycles. The van der Waals surface area contributed by atoms with Crippen LogP contribution in [0.2, 0.25) is 0 Å². The van der Waals surface area contributed by atoms with E-state index in [0.717, 1.165) is 13.1 Å². The van der Waals surface area contributed by atoms with E-state index in [2.05, 4.69) is 15.6 Å². The van der Waals surface area contributed by atoms with Gasteiger partial charge in [-0.05, 0) is 20.8 Å². The zero-order valence-electron chi connectivity index (χ0n) is 12.6. The van der Waals surface area contributed by atoms with E-state index < -0.39 is 5.97 Å².